The van der Waals surface area contributed by atoms with E-state index in [9.17, 15) is 0 Å². The summed E-state index contributed by atoms with van der Waals surface area (Å²) in [6.45, 7) is 6.81. The third-order valence-electron chi connectivity index (χ3n) is 5.48. The number of nitrogens with zero attached hydrogens (tertiary/aromatic N) is 4. The van der Waals surface area contributed by atoms with Crippen LogP contribution in [0.2, 0.25) is 0 Å². The third kappa shape index (κ3) is 3.29. The highest BCUT2D eigenvalue weighted by Gasteiger charge is 2.21. The van der Waals surface area contributed by atoms with E-state index in [-0.39, 0.29) is 0 Å². The fourth-order valence-corrected chi connectivity index (χ4v) is 4.01. The molecule has 0 unspecified atom stereocenters. The lowest BCUT2D eigenvalue weighted by atomic mass is 10.0. The zero-order valence-corrected chi connectivity index (χ0v) is 15.8. The minimum absolute atomic E-state index is 0.619. The van der Waals surface area contributed by atoms with E-state index in [1.807, 2.05) is 30.5 Å². The number of para-hydroxylation sites is 2. The number of aryl methyl sites for hydroxylation is 1. The molecule has 1 aliphatic rings. The molecule has 4 rings (SSSR count). The molecule has 4 nitrogen and oxygen atoms in total. The summed E-state index contributed by atoms with van der Waals surface area (Å²) in [5.41, 5.74) is 6.74. The summed E-state index contributed by atoms with van der Waals surface area (Å²) in [7, 11) is 2.21. The van der Waals surface area contributed by atoms with Gasteiger partial charge in [-0.1, -0.05) is 18.2 Å². The van der Waals surface area contributed by atoms with E-state index in [1.54, 1.807) is 0 Å². The van der Waals surface area contributed by atoms with Crippen LogP contribution < -0.4 is 0 Å². The topological polar surface area (TPSA) is 34.0 Å². The Hall–Kier alpha value is -2.46. The zero-order valence-electron chi connectivity index (χ0n) is 15.8. The van der Waals surface area contributed by atoms with Crippen LogP contribution in [0, 0.1) is 13.8 Å². The maximum Gasteiger partial charge on any atom is 0.0894 e. The number of benzene rings is 1. The molecule has 1 aliphatic heterocycles. The van der Waals surface area contributed by atoms with Gasteiger partial charge in [0, 0.05) is 17.4 Å². The highest BCUT2D eigenvalue weighted by atomic mass is 15.1. The average Bonchev–Trinajstić information content (AvgIpc) is 2.94. The third-order valence-corrected chi connectivity index (χ3v) is 5.48. The number of rotatable bonds is 3. The SMILES string of the molecule is Cc1cc(C=Cc2cnc3ccccc3n2)c(C)n1C1CCN(C)CC1. The Labute approximate surface area is 155 Å². The molecule has 0 radical (unpaired) electrons. The van der Waals surface area contributed by atoms with Crippen LogP contribution in [0.4, 0.5) is 0 Å². The average molecular weight is 346 g/mol. The molecule has 0 atom stereocenters. The van der Waals surface area contributed by atoms with Gasteiger partial charge in [0.05, 0.1) is 22.9 Å². The Morgan fingerprint density at radius 1 is 1.04 bits per heavy atom. The van der Waals surface area contributed by atoms with Crippen molar-refractivity contribution in [2.45, 2.75) is 32.7 Å². The first-order valence-corrected chi connectivity index (χ1v) is 9.38. The Kier molecular flexibility index (Phi) is 4.60. The predicted octanol–water partition coefficient (Wildman–Crippen LogP) is 4.49. The van der Waals surface area contributed by atoms with Crippen molar-refractivity contribution in [3.05, 3.63) is 59.2 Å². The van der Waals surface area contributed by atoms with Crippen LogP contribution in [0.15, 0.2) is 36.5 Å². The quantitative estimate of drug-likeness (QED) is 0.701. The van der Waals surface area contributed by atoms with Crippen molar-refractivity contribution in [3.63, 3.8) is 0 Å². The molecule has 0 N–H and O–H groups in total. The first kappa shape index (κ1) is 17.0. The molecular weight excluding hydrogens is 320 g/mol. The van der Waals surface area contributed by atoms with E-state index < -0.39 is 0 Å². The molecule has 26 heavy (non-hydrogen) atoms. The van der Waals surface area contributed by atoms with Crippen LogP contribution in [0.3, 0.4) is 0 Å². The fraction of sp³-hybridized carbons (Fsp3) is 0.364. The Balaban J connectivity index is 1.59. The lowest BCUT2D eigenvalue weighted by Gasteiger charge is -2.31. The van der Waals surface area contributed by atoms with Crippen molar-refractivity contribution in [1.82, 2.24) is 19.4 Å². The van der Waals surface area contributed by atoms with Crippen LogP contribution in [-0.2, 0) is 0 Å². The van der Waals surface area contributed by atoms with Crippen molar-refractivity contribution < 1.29 is 0 Å². The van der Waals surface area contributed by atoms with E-state index in [2.05, 4.69) is 58.5 Å². The standard InChI is InChI=1S/C22H26N4/c1-16-14-18(17(2)26(16)20-10-12-25(3)13-11-20)8-9-19-15-23-21-6-4-5-7-22(21)24-19/h4-9,14-15,20H,10-13H2,1-3H3. The first-order valence-electron chi connectivity index (χ1n) is 9.38. The monoisotopic (exact) mass is 346 g/mol. The largest absolute Gasteiger partial charge is 0.345 e. The Morgan fingerprint density at radius 3 is 2.54 bits per heavy atom. The van der Waals surface area contributed by atoms with Crippen LogP contribution in [0.25, 0.3) is 23.2 Å². The summed E-state index contributed by atoms with van der Waals surface area (Å²) < 4.78 is 2.53. The molecule has 1 fully saturated rings. The highest BCUT2D eigenvalue weighted by molar-refractivity contribution is 5.77. The normalized spacial score (nSPS) is 16.7. The number of aromatic nitrogens is 3. The van der Waals surface area contributed by atoms with E-state index >= 15 is 0 Å². The van der Waals surface area contributed by atoms with Gasteiger partial charge in [0.25, 0.3) is 0 Å². The van der Waals surface area contributed by atoms with E-state index in [1.165, 1.54) is 42.9 Å². The second-order valence-electron chi connectivity index (χ2n) is 7.35. The number of hydrogen-bond acceptors (Lipinski definition) is 3. The fourth-order valence-electron chi connectivity index (χ4n) is 4.01. The van der Waals surface area contributed by atoms with Gasteiger partial charge in [-0.15, -0.1) is 0 Å². The Morgan fingerprint density at radius 2 is 1.77 bits per heavy atom. The number of hydrogen-bond donors (Lipinski definition) is 0. The summed E-state index contributed by atoms with van der Waals surface area (Å²) in [4.78, 5) is 11.6. The molecule has 1 aromatic carbocycles. The van der Waals surface area contributed by atoms with Gasteiger partial charge in [-0.3, -0.25) is 4.98 Å². The van der Waals surface area contributed by atoms with Crippen LogP contribution in [0.1, 0.15) is 41.5 Å². The molecule has 134 valence electrons. The van der Waals surface area contributed by atoms with Crippen molar-refractivity contribution >= 4 is 23.2 Å². The van der Waals surface area contributed by atoms with E-state index in [0.717, 1.165) is 16.7 Å². The molecule has 3 heterocycles. The molecule has 0 aliphatic carbocycles. The Bertz CT molecular complexity index is 946. The van der Waals surface area contributed by atoms with Gasteiger partial charge in [-0.25, -0.2) is 4.98 Å². The highest BCUT2D eigenvalue weighted by Crippen LogP contribution is 2.28. The van der Waals surface area contributed by atoms with Crippen LogP contribution >= 0.6 is 0 Å². The maximum absolute atomic E-state index is 4.69. The summed E-state index contributed by atoms with van der Waals surface area (Å²) in [5, 5.41) is 0. The maximum atomic E-state index is 4.69. The van der Waals surface area contributed by atoms with Crippen LogP contribution in [-0.4, -0.2) is 39.6 Å². The number of fused-ring (bicyclic) bond motifs is 1. The molecule has 3 aromatic rings. The lowest BCUT2D eigenvalue weighted by molar-refractivity contribution is 0.218. The summed E-state index contributed by atoms with van der Waals surface area (Å²) in [6, 6.07) is 10.9. The molecular formula is C22H26N4. The van der Waals surface area contributed by atoms with Gasteiger partial charge in [0.15, 0.2) is 0 Å². The number of piperidine rings is 1. The molecule has 0 amide bonds. The molecule has 0 bridgehead atoms. The summed E-state index contributed by atoms with van der Waals surface area (Å²) in [6.07, 6.45) is 8.54. The molecule has 4 heteroatoms. The number of likely N-dealkylation sites (tertiary alicyclic amines) is 1. The van der Waals surface area contributed by atoms with Gasteiger partial charge < -0.3 is 9.47 Å². The van der Waals surface area contributed by atoms with Gasteiger partial charge in [0.2, 0.25) is 0 Å². The predicted molar refractivity (Wildman–Crippen MR) is 108 cm³/mol. The van der Waals surface area contributed by atoms with E-state index in [4.69, 9.17) is 0 Å². The van der Waals surface area contributed by atoms with Gasteiger partial charge in [-0.2, -0.15) is 0 Å². The molecule has 0 spiro atoms. The van der Waals surface area contributed by atoms with Crippen molar-refractivity contribution in [1.29, 1.82) is 0 Å². The second kappa shape index (κ2) is 7.04. The van der Waals surface area contributed by atoms with Gasteiger partial charge in [-0.05, 0) is 76.7 Å². The zero-order chi connectivity index (χ0) is 18.1. The van der Waals surface area contributed by atoms with Crippen molar-refractivity contribution in [3.8, 4) is 0 Å². The smallest absolute Gasteiger partial charge is 0.0894 e. The first-order chi connectivity index (χ1) is 12.6. The van der Waals surface area contributed by atoms with Crippen LogP contribution in [0.5, 0.6) is 0 Å². The van der Waals surface area contributed by atoms with Crippen molar-refractivity contribution in [2.24, 2.45) is 0 Å². The lowest BCUT2D eigenvalue weighted by Crippen LogP contribution is -2.32. The van der Waals surface area contributed by atoms with Gasteiger partial charge in [0.1, 0.15) is 0 Å². The minimum Gasteiger partial charge on any atom is -0.345 e. The van der Waals surface area contributed by atoms with E-state index in [0.29, 0.717) is 6.04 Å². The molecule has 0 saturated carbocycles. The van der Waals surface area contributed by atoms with Crippen molar-refractivity contribution in [2.75, 3.05) is 20.1 Å². The molecule has 1 saturated heterocycles. The molecule has 2 aromatic heterocycles. The second-order valence-corrected chi connectivity index (χ2v) is 7.35. The summed E-state index contributed by atoms with van der Waals surface area (Å²) >= 11 is 0. The summed E-state index contributed by atoms with van der Waals surface area (Å²) in [5.74, 6) is 0. The van der Waals surface area contributed by atoms with Gasteiger partial charge >= 0.3 is 0 Å². The minimum atomic E-state index is 0.619.